The monoisotopic (exact) mass is 262 g/mol. The van der Waals surface area contributed by atoms with Crippen molar-refractivity contribution in [1.82, 2.24) is 19.7 Å². The number of nitrogens with zero attached hydrogens (tertiary/aromatic N) is 4. The number of rotatable bonds is 2. The second-order valence-electron chi connectivity index (χ2n) is 4.35. The summed E-state index contributed by atoms with van der Waals surface area (Å²) in [6.45, 7) is 3.94. The highest BCUT2D eigenvalue weighted by atomic mass is 19.4. The summed E-state index contributed by atoms with van der Waals surface area (Å²) in [6.07, 6.45) is -4.49. The Bertz CT molecular complexity index is 468. The van der Waals surface area contributed by atoms with Crippen molar-refractivity contribution in [2.24, 2.45) is 0 Å². The highest BCUT2D eigenvalue weighted by Crippen LogP contribution is 2.29. The van der Waals surface area contributed by atoms with Crippen LogP contribution in [-0.2, 0) is 24.1 Å². The maximum Gasteiger partial charge on any atom is 0.451 e. The Balaban J connectivity index is 2.22. The molecule has 1 aromatic heterocycles. The minimum Gasteiger partial charge on any atom is -0.305 e. The zero-order valence-corrected chi connectivity index (χ0v) is 10.0. The number of hydrogen-bond donors (Lipinski definition) is 0. The Hall–Kier alpha value is -1.44. The summed E-state index contributed by atoms with van der Waals surface area (Å²) in [5.74, 6) is -0.728. The number of carbonyl (C=O) groups excluding carboxylic acids is 1. The summed E-state index contributed by atoms with van der Waals surface area (Å²) in [4.78, 5) is 13.1. The van der Waals surface area contributed by atoms with Gasteiger partial charge in [0.1, 0.15) is 11.6 Å². The SMILES string of the molecule is CC(=O)C(C)N1CCn2c(nnc2C(F)(F)F)C1. The van der Waals surface area contributed by atoms with Crippen molar-refractivity contribution in [3.05, 3.63) is 11.6 Å². The molecule has 1 atom stereocenters. The van der Waals surface area contributed by atoms with Crippen LogP contribution >= 0.6 is 0 Å². The molecule has 8 heteroatoms. The molecule has 0 saturated heterocycles. The van der Waals surface area contributed by atoms with Crippen LogP contribution in [0.25, 0.3) is 0 Å². The molecule has 1 aliphatic heterocycles. The molecule has 2 heterocycles. The zero-order valence-electron chi connectivity index (χ0n) is 10.0. The van der Waals surface area contributed by atoms with Gasteiger partial charge >= 0.3 is 6.18 Å². The van der Waals surface area contributed by atoms with E-state index >= 15 is 0 Å². The van der Waals surface area contributed by atoms with E-state index in [1.165, 1.54) is 6.92 Å². The Labute approximate surface area is 102 Å². The smallest absolute Gasteiger partial charge is 0.305 e. The van der Waals surface area contributed by atoms with Crippen LogP contribution in [-0.4, -0.2) is 38.0 Å². The third kappa shape index (κ3) is 2.24. The first kappa shape index (κ1) is 13.0. The lowest BCUT2D eigenvalue weighted by Gasteiger charge is -2.31. The van der Waals surface area contributed by atoms with Gasteiger partial charge in [0.2, 0.25) is 5.82 Å². The van der Waals surface area contributed by atoms with Crippen LogP contribution in [0.4, 0.5) is 13.2 Å². The maximum atomic E-state index is 12.6. The summed E-state index contributed by atoms with van der Waals surface area (Å²) in [7, 11) is 0. The molecule has 0 fully saturated rings. The molecule has 0 bridgehead atoms. The van der Waals surface area contributed by atoms with E-state index in [1.807, 2.05) is 0 Å². The van der Waals surface area contributed by atoms with Gasteiger partial charge in [-0.3, -0.25) is 9.69 Å². The topological polar surface area (TPSA) is 51.0 Å². The first-order valence-corrected chi connectivity index (χ1v) is 5.54. The molecular weight excluding hydrogens is 249 g/mol. The molecule has 0 aromatic carbocycles. The molecule has 18 heavy (non-hydrogen) atoms. The summed E-state index contributed by atoms with van der Waals surface area (Å²) >= 11 is 0. The van der Waals surface area contributed by atoms with Gasteiger partial charge in [-0.2, -0.15) is 13.2 Å². The predicted molar refractivity (Wildman–Crippen MR) is 55.6 cm³/mol. The number of ketones is 1. The Morgan fingerprint density at radius 3 is 2.56 bits per heavy atom. The summed E-state index contributed by atoms with van der Waals surface area (Å²) in [5.41, 5.74) is 0. The van der Waals surface area contributed by atoms with Crippen molar-refractivity contribution in [3.8, 4) is 0 Å². The van der Waals surface area contributed by atoms with E-state index in [1.54, 1.807) is 11.8 Å². The number of halogens is 3. The molecule has 0 N–H and O–H groups in total. The van der Waals surface area contributed by atoms with Crippen LogP contribution < -0.4 is 0 Å². The quantitative estimate of drug-likeness (QED) is 0.800. The zero-order chi connectivity index (χ0) is 13.5. The molecular formula is C10H13F3N4O. The molecule has 1 unspecified atom stereocenters. The lowest BCUT2D eigenvalue weighted by atomic mass is 10.2. The number of Topliss-reactive ketones (excluding diaryl/α,β-unsaturated/α-hetero) is 1. The Kier molecular flexibility index (Phi) is 3.14. The number of hydrogen-bond acceptors (Lipinski definition) is 4. The first-order chi connectivity index (χ1) is 8.30. The fourth-order valence-electron chi connectivity index (χ4n) is 1.97. The van der Waals surface area contributed by atoms with Gasteiger partial charge in [0, 0.05) is 13.1 Å². The second kappa shape index (κ2) is 4.34. The lowest BCUT2D eigenvalue weighted by molar-refractivity contribution is -0.148. The van der Waals surface area contributed by atoms with Crippen molar-refractivity contribution in [2.75, 3.05) is 6.54 Å². The molecule has 2 rings (SSSR count). The lowest BCUT2D eigenvalue weighted by Crippen LogP contribution is -2.43. The van der Waals surface area contributed by atoms with Gasteiger partial charge in [0.05, 0.1) is 12.6 Å². The molecule has 0 aliphatic carbocycles. The van der Waals surface area contributed by atoms with E-state index in [9.17, 15) is 18.0 Å². The van der Waals surface area contributed by atoms with Gasteiger partial charge in [0.15, 0.2) is 0 Å². The normalized spacial score (nSPS) is 18.5. The van der Waals surface area contributed by atoms with Crippen molar-refractivity contribution >= 4 is 5.78 Å². The van der Waals surface area contributed by atoms with Gasteiger partial charge in [-0.05, 0) is 13.8 Å². The van der Waals surface area contributed by atoms with Gasteiger partial charge in [-0.25, -0.2) is 0 Å². The number of fused-ring (bicyclic) bond motifs is 1. The molecule has 1 aromatic rings. The van der Waals surface area contributed by atoms with Crippen LogP contribution in [0.15, 0.2) is 0 Å². The van der Waals surface area contributed by atoms with Crippen molar-refractivity contribution < 1.29 is 18.0 Å². The van der Waals surface area contributed by atoms with Gasteiger partial charge in [-0.15, -0.1) is 10.2 Å². The molecule has 0 radical (unpaired) electrons. The Morgan fingerprint density at radius 1 is 1.33 bits per heavy atom. The van der Waals surface area contributed by atoms with E-state index in [0.717, 1.165) is 4.57 Å². The van der Waals surface area contributed by atoms with Crippen LogP contribution in [0.2, 0.25) is 0 Å². The standard InChI is InChI=1S/C10H13F3N4O/c1-6(7(2)18)16-3-4-17-8(5-16)14-15-9(17)10(11,12)13/h6H,3-5H2,1-2H3. The summed E-state index contributed by atoms with van der Waals surface area (Å²) in [5, 5.41) is 6.74. The number of alkyl halides is 3. The average Bonchev–Trinajstić information content (AvgIpc) is 2.69. The van der Waals surface area contributed by atoms with Crippen LogP contribution in [0.3, 0.4) is 0 Å². The summed E-state index contributed by atoms with van der Waals surface area (Å²) < 4.78 is 38.9. The van der Waals surface area contributed by atoms with Gasteiger partial charge in [0.25, 0.3) is 0 Å². The van der Waals surface area contributed by atoms with Gasteiger partial charge in [-0.1, -0.05) is 0 Å². The molecule has 100 valence electrons. The molecule has 5 nitrogen and oxygen atoms in total. The van der Waals surface area contributed by atoms with Crippen LogP contribution in [0.1, 0.15) is 25.5 Å². The fourth-order valence-corrected chi connectivity index (χ4v) is 1.97. The minimum atomic E-state index is -4.49. The van der Waals surface area contributed by atoms with Crippen molar-refractivity contribution in [2.45, 2.75) is 39.2 Å². The average molecular weight is 262 g/mol. The largest absolute Gasteiger partial charge is 0.451 e. The number of carbonyl (C=O) groups is 1. The predicted octanol–water partition coefficient (Wildman–Crippen LogP) is 1.09. The van der Waals surface area contributed by atoms with E-state index < -0.39 is 12.0 Å². The Morgan fingerprint density at radius 2 is 2.00 bits per heavy atom. The van der Waals surface area contributed by atoms with Crippen molar-refractivity contribution in [1.29, 1.82) is 0 Å². The minimum absolute atomic E-state index is 0.0148. The van der Waals surface area contributed by atoms with E-state index in [-0.39, 0.29) is 30.7 Å². The maximum absolute atomic E-state index is 12.6. The van der Waals surface area contributed by atoms with Crippen molar-refractivity contribution in [3.63, 3.8) is 0 Å². The van der Waals surface area contributed by atoms with E-state index in [4.69, 9.17) is 0 Å². The third-order valence-electron chi connectivity index (χ3n) is 3.17. The number of aromatic nitrogens is 3. The second-order valence-corrected chi connectivity index (χ2v) is 4.35. The van der Waals surface area contributed by atoms with E-state index in [0.29, 0.717) is 6.54 Å². The highest BCUT2D eigenvalue weighted by molar-refractivity contribution is 5.80. The molecule has 1 aliphatic rings. The van der Waals surface area contributed by atoms with Crippen LogP contribution in [0, 0.1) is 0 Å². The van der Waals surface area contributed by atoms with Gasteiger partial charge < -0.3 is 4.57 Å². The van der Waals surface area contributed by atoms with Crippen LogP contribution in [0.5, 0.6) is 0 Å². The highest BCUT2D eigenvalue weighted by Gasteiger charge is 2.39. The van der Waals surface area contributed by atoms with E-state index in [2.05, 4.69) is 10.2 Å². The molecule has 0 amide bonds. The molecule has 0 spiro atoms. The summed E-state index contributed by atoms with van der Waals surface area (Å²) in [6, 6.07) is -0.315. The fraction of sp³-hybridized carbons (Fsp3) is 0.700. The molecule has 0 saturated carbocycles. The first-order valence-electron chi connectivity index (χ1n) is 5.54. The third-order valence-corrected chi connectivity index (χ3v) is 3.17.